The van der Waals surface area contributed by atoms with Gasteiger partial charge in [0.25, 0.3) is 5.91 Å². The molecule has 1 aliphatic carbocycles. The molecule has 110 valence electrons. The van der Waals surface area contributed by atoms with Crippen molar-refractivity contribution >= 4 is 22.8 Å². The molecule has 0 radical (unpaired) electrons. The minimum atomic E-state index is -0.324. The molecule has 3 rings (SSSR count). The Morgan fingerprint density at radius 2 is 2.10 bits per heavy atom. The molecule has 6 heteroatoms. The van der Waals surface area contributed by atoms with Crippen molar-refractivity contribution in [1.82, 2.24) is 20.4 Å². The molecule has 0 unspecified atom stereocenters. The number of amides is 2. The summed E-state index contributed by atoms with van der Waals surface area (Å²) in [5.41, 5.74) is 7.18. The van der Waals surface area contributed by atoms with Crippen LogP contribution in [0.1, 0.15) is 35.9 Å². The predicted octanol–water partition coefficient (Wildman–Crippen LogP) is 1.54. The topological polar surface area (TPSA) is 76.0 Å². The van der Waals surface area contributed by atoms with E-state index in [9.17, 15) is 9.59 Å². The summed E-state index contributed by atoms with van der Waals surface area (Å²) in [6, 6.07) is 5.37. The average molecular weight is 286 g/mol. The van der Waals surface area contributed by atoms with Crippen LogP contribution in [0.3, 0.4) is 0 Å². The molecule has 21 heavy (non-hydrogen) atoms. The highest BCUT2D eigenvalue weighted by molar-refractivity contribution is 5.98. The number of hydrazine groups is 1. The Kier molecular flexibility index (Phi) is 3.37. The van der Waals surface area contributed by atoms with Crippen molar-refractivity contribution in [2.45, 2.75) is 33.2 Å². The quantitative estimate of drug-likeness (QED) is 0.840. The second kappa shape index (κ2) is 5.20. The number of carbonyl (C=O) groups is 2. The third kappa shape index (κ3) is 2.61. The summed E-state index contributed by atoms with van der Waals surface area (Å²) in [6.45, 7) is 4.84. The molecule has 0 saturated heterocycles. The lowest BCUT2D eigenvalue weighted by atomic mass is 10.2. The van der Waals surface area contributed by atoms with Crippen molar-refractivity contribution in [3.05, 3.63) is 29.6 Å². The molecular formula is C15H18N4O2. The molecule has 1 aromatic heterocycles. The van der Waals surface area contributed by atoms with Crippen LogP contribution in [0.15, 0.2) is 18.2 Å². The first-order valence-corrected chi connectivity index (χ1v) is 7.17. The lowest BCUT2D eigenvalue weighted by Crippen LogP contribution is -2.42. The third-order valence-corrected chi connectivity index (χ3v) is 3.76. The number of nitrogens with zero attached hydrogens (tertiary/aromatic N) is 2. The molecule has 6 nitrogen and oxygen atoms in total. The maximum absolute atomic E-state index is 12.0. The number of hydrogen-bond acceptors (Lipinski definition) is 3. The van der Waals surface area contributed by atoms with Gasteiger partial charge in [0.1, 0.15) is 5.82 Å². The molecular weight excluding hydrogens is 268 g/mol. The first-order chi connectivity index (χ1) is 10.1. The molecule has 0 bridgehead atoms. The van der Waals surface area contributed by atoms with E-state index in [1.54, 1.807) is 12.1 Å². The SMILES string of the molecule is CCn1c(C)nc2cc(C(=O)NNC(=O)C3CC3)ccc21. The summed E-state index contributed by atoms with van der Waals surface area (Å²) in [5.74, 6) is 0.549. The molecule has 2 amide bonds. The van der Waals surface area contributed by atoms with E-state index in [0.717, 1.165) is 36.2 Å². The maximum atomic E-state index is 12.0. The number of rotatable bonds is 3. The molecule has 1 saturated carbocycles. The molecule has 2 aromatic rings. The maximum Gasteiger partial charge on any atom is 0.269 e. The van der Waals surface area contributed by atoms with Crippen LogP contribution in [0, 0.1) is 12.8 Å². The monoisotopic (exact) mass is 286 g/mol. The van der Waals surface area contributed by atoms with E-state index in [1.165, 1.54) is 0 Å². The second-order valence-electron chi connectivity index (χ2n) is 5.32. The van der Waals surface area contributed by atoms with E-state index in [2.05, 4.69) is 27.3 Å². The van der Waals surface area contributed by atoms with E-state index in [1.807, 2.05) is 13.0 Å². The molecule has 2 N–H and O–H groups in total. The van der Waals surface area contributed by atoms with Crippen molar-refractivity contribution in [3.63, 3.8) is 0 Å². The highest BCUT2D eigenvalue weighted by atomic mass is 16.2. The second-order valence-corrected chi connectivity index (χ2v) is 5.32. The van der Waals surface area contributed by atoms with Crippen LogP contribution in [-0.4, -0.2) is 21.4 Å². The zero-order chi connectivity index (χ0) is 15.0. The van der Waals surface area contributed by atoms with Crippen LogP contribution < -0.4 is 10.9 Å². The van der Waals surface area contributed by atoms with Crippen molar-refractivity contribution < 1.29 is 9.59 Å². The van der Waals surface area contributed by atoms with E-state index in [-0.39, 0.29) is 17.7 Å². The van der Waals surface area contributed by atoms with Gasteiger partial charge in [0.05, 0.1) is 11.0 Å². The van der Waals surface area contributed by atoms with E-state index in [4.69, 9.17) is 0 Å². The van der Waals surface area contributed by atoms with Gasteiger partial charge in [0.15, 0.2) is 0 Å². The Morgan fingerprint density at radius 3 is 2.76 bits per heavy atom. The molecule has 0 aliphatic heterocycles. The highest BCUT2D eigenvalue weighted by Crippen LogP contribution is 2.28. The van der Waals surface area contributed by atoms with Gasteiger partial charge in [-0.25, -0.2) is 4.98 Å². The fraction of sp³-hybridized carbons (Fsp3) is 0.400. The zero-order valence-electron chi connectivity index (χ0n) is 12.1. The van der Waals surface area contributed by atoms with Gasteiger partial charge in [0, 0.05) is 18.0 Å². The Hall–Kier alpha value is -2.37. The van der Waals surface area contributed by atoms with Crippen LogP contribution in [0.25, 0.3) is 11.0 Å². The van der Waals surface area contributed by atoms with Crippen molar-refractivity contribution in [3.8, 4) is 0 Å². The standard InChI is InChI=1S/C15H18N4O2/c1-3-19-9(2)16-12-8-11(6-7-13(12)19)15(21)18-17-14(20)10-4-5-10/h6-8,10H,3-5H2,1-2H3,(H,17,20)(H,18,21). The number of nitrogens with one attached hydrogen (secondary N) is 2. The first kappa shape index (κ1) is 13.6. The van der Waals surface area contributed by atoms with Crippen LogP contribution >= 0.6 is 0 Å². The third-order valence-electron chi connectivity index (χ3n) is 3.76. The summed E-state index contributed by atoms with van der Waals surface area (Å²) >= 11 is 0. The number of fused-ring (bicyclic) bond motifs is 1. The summed E-state index contributed by atoms with van der Waals surface area (Å²) in [4.78, 5) is 28.0. The van der Waals surface area contributed by atoms with Crippen LogP contribution in [0.2, 0.25) is 0 Å². The van der Waals surface area contributed by atoms with Gasteiger partial charge in [-0.1, -0.05) is 0 Å². The van der Waals surface area contributed by atoms with Crippen LogP contribution in [0.4, 0.5) is 0 Å². The van der Waals surface area contributed by atoms with Crippen LogP contribution in [-0.2, 0) is 11.3 Å². The summed E-state index contributed by atoms with van der Waals surface area (Å²) < 4.78 is 2.09. The fourth-order valence-electron chi connectivity index (χ4n) is 2.43. The summed E-state index contributed by atoms with van der Waals surface area (Å²) in [6.07, 6.45) is 1.81. The molecule has 0 spiro atoms. The minimum absolute atomic E-state index is 0.0654. The normalized spacial score (nSPS) is 14.2. The van der Waals surface area contributed by atoms with Gasteiger partial charge < -0.3 is 4.57 Å². The average Bonchev–Trinajstić information content (AvgIpc) is 3.26. The van der Waals surface area contributed by atoms with Crippen molar-refractivity contribution in [2.75, 3.05) is 0 Å². The van der Waals surface area contributed by atoms with Crippen molar-refractivity contribution in [2.24, 2.45) is 5.92 Å². The predicted molar refractivity (Wildman–Crippen MR) is 78.5 cm³/mol. The van der Waals surface area contributed by atoms with E-state index in [0.29, 0.717) is 5.56 Å². The van der Waals surface area contributed by atoms with Gasteiger partial charge in [-0.3, -0.25) is 20.4 Å². The van der Waals surface area contributed by atoms with Gasteiger partial charge >= 0.3 is 0 Å². The molecule has 1 fully saturated rings. The lowest BCUT2D eigenvalue weighted by Gasteiger charge is -2.07. The molecule has 0 atom stereocenters. The van der Waals surface area contributed by atoms with Crippen LogP contribution in [0.5, 0.6) is 0 Å². The van der Waals surface area contributed by atoms with E-state index < -0.39 is 0 Å². The van der Waals surface area contributed by atoms with E-state index >= 15 is 0 Å². The number of aromatic nitrogens is 2. The fourth-order valence-corrected chi connectivity index (χ4v) is 2.43. The summed E-state index contributed by atoms with van der Waals surface area (Å²) in [5, 5.41) is 0. The highest BCUT2D eigenvalue weighted by Gasteiger charge is 2.29. The molecule has 1 aromatic carbocycles. The minimum Gasteiger partial charge on any atom is -0.329 e. The number of benzene rings is 1. The number of carbonyl (C=O) groups excluding carboxylic acids is 2. The van der Waals surface area contributed by atoms with Gasteiger partial charge in [-0.2, -0.15) is 0 Å². The zero-order valence-corrected chi connectivity index (χ0v) is 12.1. The Morgan fingerprint density at radius 1 is 1.33 bits per heavy atom. The Bertz CT molecular complexity index is 716. The molecule has 1 aliphatic rings. The lowest BCUT2D eigenvalue weighted by molar-refractivity contribution is -0.123. The first-order valence-electron chi connectivity index (χ1n) is 7.17. The smallest absolute Gasteiger partial charge is 0.269 e. The molecule has 1 heterocycles. The number of aryl methyl sites for hydroxylation is 2. The van der Waals surface area contributed by atoms with Crippen molar-refractivity contribution in [1.29, 1.82) is 0 Å². The number of hydrogen-bond donors (Lipinski definition) is 2. The van der Waals surface area contributed by atoms with Gasteiger partial charge in [0.2, 0.25) is 5.91 Å². The Balaban J connectivity index is 1.76. The number of imidazole rings is 1. The Labute approximate surface area is 122 Å². The van der Waals surface area contributed by atoms with Gasteiger partial charge in [-0.15, -0.1) is 0 Å². The van der Waals surface area contributed by atoms with Gasteiger partial charge in [-0.05, 0) is 44.9 Å². The summed E-state index contributed by atoms with van der Waals surface area (Å²) in [7, 11) is 0. The largest absolute Gasteiger partial charge is 0.329 e.